The van der Waals surface area contributed by atoms with Gasteiger partial charge in [0.25, 0.3) is 0 Å². The predicted molar refractivity (Wildman–Crippen MR) is 58.1 cm³/mol. The first kappa shape index (κ1) is 12.5. The van der Waals surface area contributed by atoms with Crippen LogP contribution in [0.3, 0.4) is 0 Å². The summed E-state index contributed by atoms with van der Waals surface area (Å²) in [6.45, 7) is -0.397. The Hall–Kier alpha value is -1.52. The third-order valence-electron chi connectivity index (χ3n) is 2.38. The predicted octanol–water partition coefficient (Wildman–Crippen LogP) is 1.69. The van der Waals surface area contributed by atoms with Gasteiger partial charge in [0, 0.05) is 0 Å². The molecule has 2 N–H and O–H groups in total. The molecule has 0 aromatic rings. The van der Waals surface area contributed by atoms with Gasteiger partial charge in [-0.2, -0.15) is 0 Å². The molecule has 0 bridgehead atoms. The van der Waals surface area contributed by atoms with Gasteiger partial charge < -0.3 is 15.2 Å². The fraction of sp³-hybridized carbons (Fsp3) is 0.636. The van der Waals surface area contributed by atoms with E-state index < -0.39 is 18.6 Å². The molecule has 0 heterocycles. The van der Waals surface area contributed by atoms with E-state index in [1.165, 1.54) is 0 Å². The van der Waals surface area contributed by atoms with Gasteiger partial charge in [0.15, 0.2) is 0 Å². The second-order valence-corrected chi connectivity index (χ2v) is 3.75. The second kappa shape index (κ2) is 6.87. The SMILES string of the molecule is O=C(O)CNC(=O)OC1CC/C=C\CCC1. The Morgan fingerprint density at radius 3 is 2.81 bits per heavy atom. The molecule has 1 aliphatic carbocycles. The molecule has 5 heteroatoms. The zero-order chi connectivity index (χ0) is 11.8. The van der Waals surface area contributed by atoms with E-state index in [1.54, 1.807) is 0 Å². The van der Waals surface area contributed by atoms with Crippen molar-refractivity contribution in [2.24, 2.45) is 0 Å². The van der Waals surface area contributed by atoms with Gasteiger partial charge in [-0.15, -0.1) is 0 Å². The number of amides is 1. The number of allylic oxidation sites excluding steroid dienone is 2. The molecule has 0 spiro atoms. The third-order valence-corrected chi connectivity index (χ3v) is 2.38. The fourth-order valence-corrected chi connectivity index (χ4v) is 1.58. The summed E-state index contributed by atoms with van der Waals surface area (Å²) in [5.41, 5.74) is 0. The van der Waals surface area contributed by atoms with Crippen molar-refractivity contribution < 1.29 is 19.4 Å². The molecule has 0 fully saturated rings. The van der Waals surface area contributed by atoms with Gasteiger partial charge in [-0.25, -0.2) is 4.79 Å². The van der Waals surface area contributed by atoms with Crippen LogP contribution in [0.1, 0.15) is 32.1 Å². The molecule has 5 nitrogen and oxygen atoms in total. The van der Waals surface area contributed by atoms with Crippen LogP contribution in [0.4, 0.5) is 4.79 Å². The lowest BCUT2D eigenvalue weighted by atomic mass is 10.0. The van der Waals surface area contributed by atoms with Crippen molar-refractivity contribution >= 4 is 12.1 Å². The van der Waals surface area contributed by atoms with Crippen molar-refractivity contribution in [3.05, 3.63) is 12.2 Å². The minimum Gasteiger partial charge on any atom is -0.480 e. The maximum absolute atomic E-state index is 11.2. The monoisotopic (exact) mass is 227 g/mol. The first-order valence-corrected chi connectivity index (χ1v) is 5.50. The molecule has 1 amide bonds. The summed E-state index contributed by atoms with van der Waals surface area (Å²) in [5, 5.41) is 10.6. The largest absolute Gasteiger partial charge is 0.480 e. The van der Waals surface area contributed by atoms with Crippen LogP contribution in [0.15, 0.2) is 12.2 Å². The van der Waals surface area contributed by atoms with Crippen molar-refractivity contribution in [3.8, 4) is 0 Å². The van der Waals surface area contributed by atoms with Gasteiger partial charge in [-0.3, -0.25) is 4.79 Å². The molecular weight excluding hydrogens is 210 g/mol. The number of nitrogens with one attached hydrogen (secondary N) is 1. The minimum absolute atomic E-state index is 0.0984. The average Bonchev–Trinajstić information content (AvgIpc) is 2.19. The summed E-state index contributed by atoms with van der Waals surface area (Å²) in [7, 11) is 0. The second-order valence-electron chi connectivity index (χ2n) is 3.75. The van der Waals surface area contributed by atoms with Crippen LogP contribution < -0.4 is 5.32 Å². The molecule has 1 atom stereocenters. The van der Waals surface area contributed by atoms with Crippen LogP contribution in [0.5, 0.6) is 0 Å². The molecule has 1 aliphatic rings. The van der Waals surface area contributed by atoms with E-state index in [0.717, 1.165) is 32.1 Å². The lowest BCUT2D eigenvalue weighted by molar-refractivity contribution is -0.135. The number of rotatable bonds is 3. The van der Waals surface area contributed by atoms with Crippen molar-refractivity contribution in [2.45, 2.75) is 38.2 Å². The number of hydrogen-bond acceptors (Lipinski definition) is 3. The van der Waals surface area contributed by atoms with E-state index in [0.29, 0.717) is 0 Å². The van der Waals surface area contributed by atoms with Crippen LogP contribution in [-0.2, 0) is 9.53 Å². The van der Waals surface area contributed by atoms with Gasteiger partial charge in [0.2, 0.25) is 0 Å². The van der Waals surface area contributed by atoms with Crippen LogP contribution in [0.2, 0.25) is 0 Å². The highest BCUT2D eigenvalue weighted by Gasteiger charge is 2.14. The van der Waals surface area contributed by atoms with E-state index in [-0.39, 0.29) is 6.10 Å². The number of hydrogen-bond donors (Lipinski definition) is 2. The Kier molecular flexibility index (Phi) is 5.39. The molecular formula is C11H17NO4. The zero-order valence-corrected chi connectivity index (χ0v) is 9.15. The normalized spacial score (nSPS) is 22.6. The van der Waals surface area contributed by atoms with Crippen molar-refractivity contribution in [2.75, 3.05) is 6.54 Å². The topological polar surface area (TPSA) is 75.6 Å². The molecule has 0 saturated carbocycles. The standard InChI is InChI=1S/C11H17NO4/c13-10(14)8-12-11(15)16-9-6-4-2-1-3-5-7-9/h1-2,9H,3-8H2,(H,12,15)(H,13,14)/b2-1-. The summed E-state index contributed by atoms with van der Waals surface area (Å²) in [6.07, 6.45) is 8.03. The molecule has 1 rings (SSSR count). The van der Waals surface area contributed by atoms with E-state index in [4.69, 9.17) is 9.84 Å². The fourth-order valence-electron chi connectivity index (χ4n) is 1.58. The van der Waals surface area contributed by atoms with Crippen LogP contribution in [0.25, 0.3) is 0 Å². The first-order chi connectivity index (χ1) is 7.68. The van der Waals surface area contributed by atoms with Gasteiger partial charge in [-0.1, -0.05) is 12.2 Å². The van der Waals surface area contributed by atoms with E-state index in [9.17, 15) is 9.59 Å². The summed E-state index contributed by atoms with van der Waals surface area (Å²) in [6, 6.07) is 0. The highest BCUT2D eigenvalue weighted by atomic mass is 16.6. The maximum atomic E-state index is 11.2. The summed E-state index contributed by atoms with van der Waals surface area (Å²) >= 11 is 0. The Bertz CT molecular complexity index is 275. The van der Waals surface area contributed by atoms with Crippen molar-refractivity contribution in [1.82, 2.24) is 5.32 Å². The molecule has 16 heavy (non-hydrogen) atoms. The lowest BCUT2D eigenvalue weighted by Crippen LogP contribution is -2.33. The third kappa shape index (κ3) is 5.38. The average molecular weight is 227 g/mol. The molecule has 1 unspecified atom stereocenters. The highest BCUT2D eigenvalue weighted by molar-refractivity contribution is 5.76. The molecule has 0 aromatic heterocycles. The van der Waals surface area contributed by atoms with Gasteiger partial charge in [-0.05, 0) is 32.1 Å². The minimum atomic E-state index is -1.07. The zero-order valence-electron chi connectivity index (χ0n) is 9.15. The molecule has 0 saturated heterocycles. The first-order valence-electron chi connectivity index (χ1n) is 5.50. The number of aliphatic carboxylic acids is 1. The molecule has 90 valence electrons. The van der Waals surface area contributed by atoms with Crippen molar-refractivity contribution in [1.29, 1.82) is 0 Å². The Morgan fingerprint density at radius 1 is 1.31 bits per heavy atom. The molecule has 0 radical (unpaired) electrons. The van der Waals surface area contributed by atoms with Crippen molar-refractivity contribution in [3.63, 3.8) is 0 Å². The molecule has 0 aliphatic heterocycles. The van der Waals surface area contributed by atoms with Crippen LogP contribution in [-0.4, -0.2) is 29.8 Å². The van der Waals surface area contributed by atoms with Gasteiger partial charge >= 0.3 is 12.1 Å². The Balaban J connectivity index is 2.26. The quantitative estimate of drug-likeness (QED) is 0.719. The number of carbonyl (C=O) groups is 2. The van der Waals surface area contributed by atoms with Gasteiger partial charge in [0.1, 0.15) is 12.6 Å². The summed E-state index contributed by atoms with van der Waals surface area (Å²) in [4.78, 5) is 21.4. The summed E-state index contributed by atoms with van der Waals surface area (Å²) in [5.74, 6) is -1.07. The number of ether oxygens (including phenoxy) is 1. The summed E-state index contributed by atoms with van der Waals surface area (Å²) < 4.78 is 5.13. The van der Waals surface area contributed by atoms with Crippen LogP contribution >= 0.6 is 0 Å². The number of carboxylic acid groups (broad SMARTS) is 1. The smallest absolute Gasteiger partial charge is 0.407 e. The molecule has 0 aromatic carbocycles. The Morgan fingerprint density at radius 2 is 2.06 bits per heavy atom. The van der Waals surface area contributed by atoms with Gasteiger partial charge in [0.05, 0.1) is 0 Å². The van der Waals surface area contributed by atoms with Crippen LogP contribution in [0, 0.1) is 0 Å². The maximum Gasteiger partial charge on any atom is 0.407 e. The number of carboxylic acids is 1. The number of alkyl carbamates (subject to hydrolysis) is 1. The highest BCUT2D eigenvalue weighted by Crippen LogP contribution is 2.15. The Labute approximate surface area is 94.5 Å². The van der Waals surface area contributed by atoms with E-state index in [2.05, 4.69) is 17.5 Å². The number of carbonyl (C=O) groups excluding carboxylic acids is 1. The van der Waals surface area contributed by atoms with E-state index >= 15 is 0 Å². The van der Waals surface area contributed by atoms with E-state index in [1.807, 2.05) is 0 Å². The lowest BCUT2D eigenvalue weighted by Gasteiger charge is -2.18.